The summed E-state index contributed by atoms with van der Waals surface area (Å²) in [6, 6.07) is -0.969. The Labute approximate surface area is 156 Å². The van der Waals surface area contributed by atoms with Crippen molar-refractivity contribution in [3.63, 3.8) is 0 Å². The smallest absolute Gasteiger partial charge is 0.405 e. The lowest BCUT2D eigenvalue weighted by molar-refractivity contribution is -0.118. The van der Waals surface area contributed by atoms with Gasteiger partial charge < -0.3 is 15.7 Å². The maximum Gasteiger partial charge on any atom is 0.405 e. The van der Waals surface area contributed by atoms with Gasteiger partial charge in [0, 0.05) is 17.3 Å². The Morgan fingerprint density at radius 1 is 1.35 bits per heavy atom. The summed E-state index contributed by atoms with van der Waals surface area (Å²) in [5, 5.41) is 20.7. The number of rotatable bonds is 9. The van der Waals surface area contributed by atoms with Gasteiger partial charge in [0.05, 0.1) is 5.69 Å². The average Bonchev–Trinajstić information content (AvgIpc) is 2.92. The Morgan fingerprint density at radius 3 is 2.50 bits per heavy atom. The summed E-state index contributed by atoms with van der Waals surface area (Å²) < 4.78 is 23.7. The van der Waals surface area contributed by atoms with Gasteiger partial charge in [0.15, 0.2) is 5.13 Å². The Morgan fingerprint density at radius 2 is 2.00 bits per heavy atom. The van der Waals surface area contributed by atoms with E-state index in [-0.39, 0.29) is 18.4 Å². The topological polar surface area (TPSA) is 164 Å². The van der Waals surface area contributed by atoms with Crippen molar-refractivity contribution in [2.45, 2.75) is 51.5 Å². The third-order valence-corrected chi connectivity index (χ3v) is 4.70. The zero-order chi connectivity index (χ0) is 20.0. The third kappa shape index (κ3) is 8.56. The first-order valence-electron chi connectivity index (χ1n) is 7.92. The molecule has 1 aromatic rings. The molecule has 0 radical (unpaired) electrons. The van der Waals surface area contributed by atoms with Crippen molar-refractivity contribution in [3.8, 4) is 0 Å². The van der Waals surface area contributed by atoms with E-state index in [1.54, 1.807) is 0 Å². The fourth-order valence-electron chi connectivity index (χ4n) is 1.97. The van der Waals surface area contributed by atoms with Crippen LogP contribution in [0, 0.1) is 0 Å². The summed E-state index contributed by atoms with van der Waals surface area (Å²) >= 11 is 1.27. The molecule has 1 unspecified atom stereocenters. The summed E-state index contributed by atoms with van der Waals surface area (Å²) in [4.78, 5) is 27.6. The number of unbranched alkanes of at least 4 members (excludes halogenated alkanes) is 1. The molecule has 1 rings (SSSR count). The molecule has 148 valence electrons. The Balaban J connectivity index is 2.60. The van der Waals surface area contributed by atoms with Crippen molar-refractivity contribution < 1.29 is 23.1 Å². The van der Waals surface area contributed by atoms with Crippen LogP contribution in [-0.2, 0) is 20.4 Å². The lowest BCUT2D eigenvalue weighted by atomic mass is 9.93. The van der Waals surface area contributed by atoms with Crippen molar-refractivity contribution in [1.82, 2.24) is 15.0 Å². The molecule has 0 bridgehead atoms. The highest BCUT2D eigenvalue weighted by atomic mass is 32.2. The van der Waals surface area contributed by atoms with Crippen molar-refractivity contribution >= 4 is 38.7 Å². The number of aromatic nitrogens is 1. The SMILES string of the molecule is CC(C)(C)c1csc(NC(=O)C(CCCCNS(N)(=O)=O)NC(=O)O)n1. The minimum atomic E-state index is -3.76. The van der Waals surface area contributed by atoms with Crippen LogP contribution in [0.4, 0.5) is 9.93 Å². The highest BCUT2D eigenvalue weighted by Gasteiger charge is 2.23. The van der Waals surface area contributed by atoms with Gasteiger partial charge in [0.1, 0.15) is 6.04 Å². The molecule has 1 heterocycles. The second-order valence-corrected chi connectivity index (χ2v) is 8.95. The largest absolute Gasteiger partial charge is 0.465 e. The second kappa shape index (κ2) is 9.26. The molecular weight excluding hydrogens is 382 g/mol. The van der Waals surface area contributed by atoms with Gasteiger partial charge in [-0.3, -0.25) is 4.79 Å². The van der Waals surface area contributed by atoms with E-state index in [0.717, 1.165) is 5.69 Å². The van der Waals surface area contributed by atoms with E-state index in [9.17, 15) is 18.0 Å². The summed E-state index contributed by atoms with van der Waals surface area (Å²) in [6.07, 6.45) is -0.275. The maximum absolute atomic E-state index is 12.3. The van der Waals surface area contributed by atoms with E-state index in [2.05, 4.69) is 20.3 Å². The van der Waals surface area contributed by atoms with Crippen molar-refractivity contribution in [2.75, 3.05) is 11.9 Å². The predicted molar refractivity (Wildman–Crippen MR) is 99.4 cm³/mol. The number of nitrogens with two attached hydrogens (primary N) is 1. The monoisotopic (exact) mass is 407 g/mol. The van der Waals surface area contributed by atoms with E-state index in [1.165, 1.54) is 11.3 Å². The van der Waals surface area contributed by atoms with Gasteiger partial charge in [0.2, 0.25) is 5.91 Å². The van der Waals surface area contributed by atoms with Crippen LogP contribution >= 0.6 is 11.3 Å². The molecule has 12 heteroatoms. The lowest BCUT2D eigenvalue weighted by Crippen LogP contribution is -2.43. The highest BCUT2D eigenvalue weighted by Crippen LogP contribution is 2.26. The van der Waals surface area contributed by atoms with Gasteiger partial charge >= 0.3 is 6.09 Å². The van der Waals surface area contributed by atoms with Gasteiger partial charge in [-0.25, -0.2) is 19.6 Å². The molecule has 2 amide bonds. The van der Waals surface area contributed by atoms with Gasteiger partial charge in [-0.05, 0) is 19.3 Å². The number of nitrogens with zero attached hydrogens (tertiary/aromatic N) is 1. The third-order valence-electron chi connectivity index (χ3n) is 3.34. The van der Waals surface area contributed by atoms with Crippen LogP contribution < -0.4 is 20.5 Å². The number of nitrogens with one attached hydrogen (secondary N) is 3. The fraction of sp³-hybridized carbons (Fsp3) is 0.643. The minimum absolute atomic E-state index is 0.113. The number of hydrogen-bond donors (Lipinski definition) is 5. The molecule has 10 nitrogen and oxygen atoms in total. The fourth-order valence-corrected chi connectivity index (χ4v) is 3.34. The molecule has 0 saturated heterocycles. The average molecular weight is 408 g/mol. The summed E-state index contributed by atoms with van der Waals surface area (Å²) in [5.74, 6) is -0.512. The Hall–Kier alpha value is -1.76. The van der Waals surface area contributed by atoms with E-state index in [4.69, 9.17) is 10.2 Å². The number of thiazole rings is 1. The molecular formula is C14H25N5O5S2. The zero-order valence-corrected chi connectivity index (χ0v) is 16.5. The van der Waals surface area contributed by atoms with Gasteiger partial charge in [-0.1, -0.05) is 20.8 Å². The number of carbonyl (C=O) groups is 2. The molecule has 6 N–H and O–H groups in total. The van der Waals surface area contributed by atoms with E-state index in [1.807, 2.05) is 26.2 Å². The van der Waals surface area contributed by atoms with Gasteiger partial charge in [-0.15, -0.1) is 11.3 Å². The van der Waals surface area contributed by atoms with Crippen LogP contribution in [0.1, 0.15) is 45.7 Å². The van der Waals surface area contributed by atoms with Crippen LogP contribution in [0.15, 0.2) is 5.38 Å². The van der Waals surface area contributed by atoms with Gasteiger partial charge in [-0.2, -0.15) is 8.42 Å². The molecule has 26 heavy (non-hydrogen) atoms. The van der Waals surface area contributed by atoms with Crippen LogP contribution in [0.2, 0.25) is 0 Å². The molecule has 0 aliphatic heterocycles. The molecule has 1 aromatic heterocycles. The summed E-state index contributed by atoms with van der Waals surface area (Å²) in [6.45, 7) is 6.11. The van der Waals surface area contributed by atoms with E-state index < -0.39 is 28.3 Å². The normalized spacial score (nSPS) is 13.2. The first-order chi connectivity index (χ1) is 11.9. The maximum atomic E-state index is 12.3. The van der Waals surface area contributed by atoms with Crippen molar-refractivity contribution in [3.05, 3.63) is 11.1 Å². The molecule has 0 aliphatic carbocycles. The van der Waals surface area contributed by atoms with Crippen LogP contribution in [0.25, 0.3) is 0 Å². The number of anilines is 1. The quantitative estimate of drug-likeness (QED) is 0.383. The van der Waals surface area contributed by atoms with Crippen LogP contribution in [-0.4, -0.2) is 43.1 Å². The highest BCUT2D eigenvalue weighted by molar-refractivity contribution is 7.87. The Kier molecular flexibility index (Phi) is 7.93. The molecule has 0 fully saturated rings. The number of carboxylic acid groups (broad SMARTS) is 1. The lowest BCUT2D eigenvalue weighted by Gasteiger charge is -2.16. The minimum Gasteiger partial charge on any atom is -0.465 e. The molecule has 0 aliphatic rings. The molecule has 0 aromatic carbocycles. The van der Waals surface area contributed by atoms with Gasteiger partial charge in [0.25, 0.3) is 10.2 Å². The number of hydrogen-bond acceptors (Lipinski definition) is 6. The van der Waals surface area contributed by atoms with Crippen LogP contribution in [0.5, 0.6) is 0 Å². The van der Waals surface area contributed by atoms with Crippen molar-refractivity contribution in [2.24, 2.45) is 5.14 Å². The molecule has 1 atom stereocenters. The summed E-state index contributed by atoms with van der Waals surface area (Å²) in [5.41, 5.74) is 0.670. The van der Waals surface area contributed by atoms with E-state index >= 15 is 0 Å². The molecule has 0 saturated carbocycles. The summed E-state index contributed by atoms with van der Waals surface area (Å²) in [7, 11) is -3.76. The zero-order valence-electron chi connectivity index (χ0n) is 14.9. The Bertz CT molecular complexity index is 726. The standard InChI is InChI=1S/C14H25N5O5S2/c1-14(2,3)10-8-25-12(18-10)19-11(20)9(17-13(21)22)6-4-5-7-16-26(15,23)24/h8-9,16-17H,4-7H2,1-3H3,(H,21,22)(H2,15,23,24)(H,18,19,20). The molecule has 0 spiro atoms. The van der Waals surface area contributed by atoms with E-state index in [0.29, 0.717) is 18.0 Å². The number of amides is 2. The first kappa shape index (κ1) is 22.3. The first-order valence-corrected chi connectivity index (χ1v) is 10.3. The predicted octanol–water partition coefficient (Wildman–Crippen LogP) is 0.979. The van der Waals surface area contributed by atoms with Crippen LogP contribution in [0.3, 0.4) is 0 Å². The second-order valence-electron chi connectivity index (χ2n) is 6.71. The number of carbonyl (C=O) groups excluding carboxylic acids is 1. The van der Waals surface area contributed by atoms with Crippen molar-refractivity contribution in [1.29, 1.82) is 0 Å².